The first-order chi connectivity index (χ1) is 11.3. The highest BCUT2D eigenvalue weighted by Crippen LogP contribution is 2.30. The molecule has 1 N–H and O–H groups in total. The summed E-state index contributed by atoms with van der Waals surface area (Å²) >= 11 is 7.27. The lowest BCUT2D eigenvalue weighted by Crippen LogP contribution is -2.24. The fraction of sp³-hybridized carbons (Fsp3) is 0.133. The molecule has 0 spiro atoms. The Bertz CT molecular complexity index is 893. The highest BCUT2D eigenvalue weighted by molar-refractivity contribution is 7.22. The van der Waals surface area contributed by atoms with Gasteiger partial charge < -0.3 is 5.32 Å². The molecule has 0 radical (unpaired) electrons. The Morgan fingerprint density at radius 1 is 1.25 bits per heavy atom. The number of halogens is 4. The van der Waals surface area contributed by atoms with Gasteiger partial charge in [0.05, 0.1) is 4.34 Å². The molecule has 3 aromatic rings. The molecule has 0 fully saturated rings. The fourth-order valence-electron chi connectivity index (χ4n) is 2.08. The lowest BCUT2D eigenvalue weighted by Gasteiger charge is -2.08. The third-order valence-electron chi connectivity index (χ3n) is 3.20. The number of carbonyl (C=O) groups excluding carboxylic acids is 1. The van der Waals surface area contributed by atoms with E-state index in [9.17, 15) is 18.0 Å². The zero-order chi connectivity index (χ0) is 17.3. The molecule has 3 heterocycles. The third-order valence-corrected chi connectivity index (χ3v) is 4.43. The third kappa shape index (κ3) is 3.49. The van der Waals surface area contributed by atoms with Crippen molar-refractivity contribution >= 4 is 38.9 Å². The number of fused-ring (bicyclic) bond motifs is 1. The second kappa shape index (κ2) is 6.37. The molecule has 0 aliphatic carbocycles. The van der Waals surface area contributed by atoms with Crippen molar-refractivity contribution in [2.45, 2.75) is 12.7 Å². The largest absolute Gasteiger partial charge is 0.433 e. The van der Waals surface area contributed by atoms with Gasteiger partial charge in [-0.15, -0.1) is 11.3 Å². The van der Waals surface area contributed by atoms with Gasteiger partial charge in [-0.25, -0.2) is 0 Å². The monoisotopic (exact) mass is 371 g/mol. The second-order valence-corrected chi connectivity index (χ2v) is 6.57. The van der Waals surface area contributed by atoms with E-state index in [0.717, 1.165) is 17.0 Å². The summed E-state index contributed by atoms with van der Waals surface area (Å²) in [5.74, 6) is -0.435. The van der Waals surface area contributed by atoms with Crippen LogP contribution in [0.2, 0.25) is 4.34 Å². The normalized spacial score (nSPS) is 11.7. The van der Waals surface area contributed by atoms with E-state index in [1.165, 1.54) is 23.6 Å². The summed E-state index contributed by atoms with van der Waals surface area (Å²) in [5, 5.41) is 3.25. The summed E-state index contributed by atoms with van der Waals surface area (Å²) in [7, 11) is 0. The van der Waals surface area contributed by atoms with Crippen LogP contribution in [0.3, 0.4) is 0 Å². The molecule has 0 aliphatic heterocycles. The second-order valence-electron chi connectivity index (χ2n) is 4.85. The summed E-state index contributed by atoms with van der Waals surface area (Å²) in [6, 6.07) is 5.55. The first kappa shape index (κ1) is 16.7. The topological polar surface area (TPSA) is 54.9 Å². The molecular weight excluding hydrogens is 363 g/mol. The standard InChI is InChI=1S/C15H9ClF3N3OS/c16-12-5-9-10(24-12)3-4-20-13(9)14(23)22-7-8-1-2-11(21-6-8)15(17,18)19/h1-6H,7H2,(H,22,23). The number of alkyl halides is 3. The Labute approximate surface area is 143 Å². The Morgan fingerprint density at radius 3 is 2.71 bits per heavy atom. The first-order valence-corrected chi connectivity index (χ1v) is 7.88. The Balaban J connectivity index is 1.73. The van der Waals surface area contributed by atoms with E-state index in [1.54, 1.807) is 12.1 Å². The molecule has 3 aromatic heterocycles. The molecule has 24 heavy (non-hydrogen) atoms. The van der Waals surface area contributed by atoms with E-state index in [4.69, 9.17) is 11.6 Å². The molecule has 0 unspecified atom stereocenters. The molecule has 0 aliphatic rings. The molecule has 0 saturated heterocycles. The van der Waals surface area contributed by atoms with Crippen LogP contribution in [-0.2, 0) is 12.7 Å². The summed E-state index contributed by atoms with van der Waals surface area (Å²) in [5.41, 5.74) is -0.306. The minimum atomic E-state index is -4.49. The van der Waals surface area contributed by atoms with Gasteiger partial charge in [0.2, 0.25) is 0 Å². The lowest BCUT2D eigenvalue weighted by atomic mass is 10.2. The number of hydrogen-bond acceptors (Lipinski definition) is 4. The summed E-state index contributed by atoms with van der Waals surface area (Å²) in [4.78, 5) is 19.7. The van der Waals surface area contributed by atoms with E-state index in [0.29, 0.717) is 15.3 Å². The van der Waals surface area contributed by atoms with Crippen molar-refractivity contribution in [1.82, 2.24) is 15.3 Å². The molecule has 0 saturated carbocycles. The van der Waals surface area contributed by atoms with Crippen molar-refractivity contribution in [2.75, 3.05) is 0 Å². The maximum atomic E-state index is 12.5. The number of aromatic nitrogens is 2. The van der Waals surface area contributed by atoms with Gasteiger partial charge in [-0.2, -0.15) is 13.2 Å². The zero-order valence-electron chi connectivity index (χ0n) is 11.9. The lowest BCUT2D eigenvalue weighted by molar-refractivity contribution is -0.141. The summed E-state index contributed by atoms with van der Waals surface area (Å²) in [6.45, 7) is 0.0416. The number of rotatable bonds is 3. The Kier molecular flexibility index (Phi) is 4.42. The fourth-order valence-corrected chi connectivity index (χ4v) is 3.22. The van der Waals surface area contributed by atoms with E-state index >= 15 is 0 Å². The van der Waals surface area contributed by atoms with Gasteiger partial charge in [-0.3, -0.25) is 14.8 Å². The number of thiophene rings is 1. The van der Waals surface area contributed by atoms with Crippen LogP contribution < -0.4 is 5.32 Å². The highest BCUT2D eigenvalue weighted by atomic mass is 35.5. The Morgan fingerprint density at radius 2 is 2.04 bits per heavy atom. The summed E-state index contributed by atoms with van der Waals surface area (Å²) < 4.78 is 38.7. The van der Waals surface area contributed by atoms with Crippen LogP contribution in [0.25, 0.3) is 10.1 Å². The van der Waals surface area contributed by atoms with E-state index in [2.05, 4.69) is 15.3 Å². The SMILES string of the molecule is O=C(NCc1ccc(C(F)(F)F)nc1)c1nccc2sc(Cl)cc12. The van der Waals surface area contributed by atoms with Crippen LogP contribution in [0.4, 0.5) is 13.2 Å². The molecule has 0 bridgehead atoms. The van der Waals surface area contributed by atoms with Crippen molar-refractivity contribution < 1.29 is 18.0 Å². The van der Waals surface area contributed by atoms with Gasteiger partial charge in [-0.05, 0) is 23.8 Å². The number of nitrogens with one attached hydrogen (secondary N) is 1. The Hall–Kier alpha value is -2.19. The number of carbonyl (C=O) groups is 1. The van der Waals surface area contributed by atoms with Gasteiger partial charge in [0, 0.05) is 29.0 Å². The maximum Gasteiger partial charge on any atom is 0.433 e. The number of amides is 1. The first-order valence-electron chi connectivity index (χ1n) is 6.69. The predicted molar refractivity (Wildman–Crippen MR) is 85.0 cm³/mol. The molecule has 0 atom stereocenters. The summed E-state index contributed by atoms with van der Waals surface area (Å²) in [6.07, 6.45) is -1.90. The molecular formula is C15H9ClF3N3OS. The molecule has 4 nitrogen and oxygen atoms in total. The molecule has 0 aromatic carbocycles. The van der Waals surface area contributed by atoms with Crippen molar-refractivity contribution in [1.29, 1.82) is 0 Å². The number of hydrogen-bond donors (Lipinski definition) is 1. The zero-order valence-corrected chi connectivity index (χ0v) is 13.5. The van der Waals surface area contributed by atoms with Gasteiger partial charge in [0.25, 0.3) is 5.91 Å². The molecule has 124 valence electrons. The van der Waals surface area contributed by atoms with Crippen LogP contribution >= 0.6 is 22.9 Å². The average Bonchev–Trinajstić information content (AvgIpc) is 2.92. The van der Waals surface area contributed by atoms with Crippen LogP contribution in [-0.4, -0.2) is 15.9 Å². The van der Waals surface area contributed by atoms with E-state index in [1.807, 2.05) is 0 Å². The quantitative estimate of drug-likeness (QED) is 0.747. The van der Waals surface area contributed by atoms with E-state index in [-0.39, 0.29) is 12.2 Å². The highest BCUT2D eigenvalue weighted by Gasteiger charge is 2.32. The number of pyridine rings is 2. The molecule has 9 heteroatoms. The smallest absolute Gasteiger partial charge is 0.347 e. The van der Waals surface area contributed by atoms with Crippen molar-refractivity contribution in [2.24, 2.45) is 0 Å². The van der Waals surface area contributed by atoms with Crippen LogP contribution in [0.5, 0.6) is 0 Å². The molecule has 3 rings (SSSR count). The van der Waals surface area contributed by atoms with Crippen LogP contribution in [0.15, 0.2) is 36.7 Å². The van der Waals surface area contributed by atoms with Crippen LogP contribution in [0.1, 0.15) is 21.7 Å². The van der Waals surface area contributed by atoms with Crippen LogP contribution in [0, 0.1) is 0 Å². The van der Waals surface area contributed by atoms with Gasteiger partial charge >= 0.3 is 6.18 Å². The molecule has 1 amide bonds. The predicted octanol–water partition coefficient (Wildman–Crippen LogP) is 4.29. The van der Waals surface area contributed by atoms with Gasteiger partial charge in [0.15, 0.2) is 0 Å². The minimum absolute atomic E-state index is 0.0416. The number of nitrogens with zero attached hydrogens (tertiary/aromatic N) is 2. The van der Waals surface area contributed by atoms with Crippen molar-refractivity contribution in [3.63, 3.8) is 0 Å². The maximum absolute atomic E-state index is 12.5. The van der Waals surface area contributed by atoms with Crippen molar-refractivity contribution in [3.8, 4) is 0 Å². The van der Waals surface area contributed by atoms with Crippen molar-refractivity contribution in [3.05, 3.63) is 57.9 Å². The average molecular weight is 372 g/mol. The van der Waals surface area contributed by atoms with Gasteiger partial charge in [-0.1, -0.05) is 17.7 Å². The van der Waals surface area contributed by atoms with E-state index < -0.39 is 17.8 Å². The van der Waals surface area contributed by atoms with Gasteiger partial charge in [0.1, 0.15) is 11.4 Å². The minimum Gasteiger partial charge on any atom is -0.347 e.